The molecule has 0 fully saturated rings. The van der Waals surface area contributed by atoms with Gasteiger partial charge in [-0.1, -0.05) is 44.7 Å². The van der Waals surface area contributed by atoms with E-state index in [9.17, 15) is 20.0 Å². The first-order valence-corrected chi connectivity index (χ1v) is 10.2. The van der Waals surface area contributed by atoms with Gasteiger partial charge in [0.25, 0.3) is 5.69 Å². The molecule has 1 aliphatic rings. The van der Waals surface area contributed by atoms with Gasteiger partial charge in [-0.3, -0.25) is 14.9 Å². The van der Waals surface area contributed by atoms with Crippen LogP contribution in [0.4, 0.5) is 5.69 Å². The minimum Gasteiger partial charge on any atom is -0.506 e. The molecule has 6 nitrogen and oxygen atoms in total. The van der Waals surface area contributed by atoms with Gasteiger partial charge in [-0.05, 0) is 35.8 Å². The van der Waals surface area contributed by atoms with Gasteiger partial charge in [0.15, 0.2) is 0 Å². The number of nitro benzene ring substituents is 1. The molecular formula is C26H24N2O4. The third-order valence-electron chi connectivity index (χ3n) is 6.36. The number of benzene rings is 2. The molecule has 2 aromatic carbocycles. The van der Waals surface area contributed by atoms with E-state index in [4.69, 9.17) is 0 Å². The van der Waals surface area contributed by atoms with Crippen molar-refractivity contribution in [2.75, 3.05) is 0 Å². The number of hydrogen-bond donors (Lipinski definition) is 1. The standard InChI is InChI=1S/C26H24N2O4/c1-15-10-11-17(28(31)32)13-21(15)26(3,4)16(2)12-19-24(29)23(25(19)30)20-14-27(5)22-9-7-6-8-18(20)22/h6-14,29H,2H2,1,3-5H3/b19-12-. The maximum atomic E-state index is 13.0. The lowest BCUT2D eigenvalue weighted by Crippen LogP contribution is -2.25. The Bertz CT molecular complexity index is 1390. The van der Waals surface area contributed by atoms with E-state index in [1.807, 2.05) is 62.8 Å². The molecule has 0 saturated heterocycles. The van der Waals surface area contributed by atoms with E-state index in [0.717, 1.165) is 22.0 Å². The molecule has 1 heterocycles. The third kappa shape index (κ3) is 3.15. The Labute approximate surface area is 186 Å². The molecule has 4 rings (SSSR count). The molecule has 6 heteroatoms. The predicted molar refractivity (Wildman–Crippen MR) is 126 cm³/mol. The van der Waals surface area contributed by atoms with E-state index in [1.54, 1.807) is 18.2 Å². The summed E-state index contributed by atoms with van der Waals surface area (Å²) < 4.78 is 1.92. The van der Waals surface area contributed by atoms with Gasteiger partial charge in [-0.2, -0.15) is 0 Å². The molecule has 162 valence electrons. The van der Waals surface area contributed by atoms with Crippen LogP contribution in [-0.2, 0) is 17.3 Å². The van der Waals surface area contributed by atoms with Crippen molar-refractivity contribution in [2.24, 2.45) is 7.05 Å². The summed E-state index contributed by atoms with van der Waals surface area (Å²) in [4.78, 5) is 23.8. The van der Waals surface area contributed by atoms with E-state index >= 15 is 0 Å². The summed E-state index contributed by atoms with van der Waals surface area (Å²) in [7, 11) is 1.90. The van der Waals surface area contributed by atoms with Gasteiger partial charge >= 0.3 is 0 Å². The van der Waals surface area contributed by atoms with Gasteiger partial charge in [0.2, 0.25) is 5.78 Å². The van der Waals surface area contributed by atoms with Gasteiger partial charge in [-0.25, -0.2) is 0 Å². The highest BCUT2D eigenvalue weighted by atomic mass is 16.6. The maximum absolute atomic E-state index is 13.0. The number of carbonyl (C=O) groups excluding carboxylic acids is 1. The number of carbonyl (C=O) groups is 1. The first-order valence-electron chi connectivity index (χ1n) is 10.2. The molecule has 0 unspecified atom stereocenters. The number of aliphatic hydroxyl groups is 1. The van der Waals surface area contributed by atoms with E-state index in [-0.39, 0.29) is 22.8 Å². The van der Waals surface area contributed by atoms with Crippen LogP contribution in [0.3, 0.4) is 0 Å². The summed E-state index contributed by atoms with van der Waals surface area (Å²) in [5.41, 5.74) is 3.70. The fourth-order valence-corrected chi connectivity index (χ4v) is 4.27. The van der Waals surface area contributed by atoms with Crippen molar-refractivity contribution in [3.05, 3.63) is 105 Å². The van der Waals surface area contributed by atoms with E-state index in [1.165, 1.54) is 6.07 Å². The van der Waals surface area contributed by atoms with Crippen LogP contribution in [0.25, 0.3) is 16.5 Å². The van der Waals surface area contributed by atoms with E-state index in [0.29, 0.717) is 16.7 Å². The summed E-state index contributed by atoms with van der Waals surface area (Å²) in [5, 5.41) is 22.9. The van der Waals surface area contributed by atoms with Crippen LogP contribution >= 0.6 is 0 Å². The van der Waals surface area contributed by atoms with E-state index < -0.39 is 10.3 Å². The number of ketones is 1. The monoisotopic (exact) mass is 428 g/mol. The molecule has 0 aliphatic heterocycles. The highest BCUT2D eigenvalue weighted by Crippen LogP contribution is 2.42. The zero-order valence-corrected chi connectivity index (χ0v) is 18.5. The Morgan fingerprint density at radius 2 is 1.91 bits per heavy atom. The summed E-state index contributed by atoms with van der Waals surface area (Å²) in [6.07, 6.45) is 3.43. The molecule has 3 aromatic rings. The average molecular weight is 428 g/mol. The van der Waals surface area contributed by atoms with Gasteiger partial charge in [0.1, 0.15) is 5.76 Å². The first-order chi connectivity index (χ1) is 15.0. The number of aryl methyl sites for hydroxylation is 2. The number of allylic oxidation sites excluding steroid dienone is 4. The summed E-state index contributed by atoms with van der Waals surface area (Å²) in [6.45, 7) is 9.80. The number of nitrogens with zero attached hydrogens (tertiary/aromatic N) is 2. The van der Waals surface area contributed by atoms with Crippen molar-refractivity contribution in [1.82, 2.24) is 4.57 Å². The molecule has 0 radical (unpaired) electrons. The van der Waals surface area contributed by atoms with Gasteiger partial charge in [-0.15, -0.1) is 0 Å². The fraction of sp³-hybridized carbons (Fsp3) is 0.192. The number of aliphatic hydroxyl groups excluding tert-OH is 1. The highest BCUT2D eigenvalue weighted by molar-refractivity contribution is 6.40. The smallest absolute Gasteiger partial charge is 0.269 e. The van der Waals surface area contributed by atoms with Crippen LogP contribution in [-0.4, -0.2) is 20.4 Å². The molecule has 0 amide bonds. The number of nitro groups is 1. The Hall–Kier alpha value is -3.93. The molecule has 1 N–H and O–H groups in total. The second-order valence-corrected chi connectivity index (χ2v) is 8.69. The van der Waals surface area contributed by atoms with Crippen LogP contribution in [0.15, 0.2) is 78.2 Å². The highest BCUT2D eigenvalue weighted by Gasteiger charge is 2.37. The minimum absolute atomic E-state index is 0.000154. The Balaban J connectivity index is 1.73. The second-order valence-electron chi connectivity index (χ2n) is 8.69. The number of para-hydroxylation sites is 1. The molecule has 32 heavy (non-hydrogen) atoms. The molecule has 0 saturated carbocycles. The van der Waals surface area contributed by atoms with Crippen LogP contribution in [0.2, 0.25) is 0 Å². The van der Waals surface area contributed by atoms with Crippen molar-refractivity contribution in [1.29, 1.82) is 0 Å². The minimum atomic E-state index is -0.682. The normalized spacial score (nSPS) is 15.4. The number of non-ortho nitro benzene ring substituents is 1. The van der Waals surface area contributed by atoms with E-state index in [2.05, 4.69) is 6.58 Å². The van der Waals surface area contributed by atoms with Crippen LogP contribution in [0.5, 0.6) is 0 Å². The summed E-state index contributed by atoms with van der Waals surface area (Å²) in [6, 6.07) is 12.4. The zero-order chi connectivity index (χ0) is 23.4. The van der Waals surface area contributed by atoms with Crippen molar-refractivity contribution >= 4 is 27.9 Å². The summed E-state index contributed by atoms with van der Waals surface area (Å²) >= 11 is 0. The lowest BCUT2D eigenvalue weighted by atomic mass is 9.74. The largest absolute Gasteiger partial charge is 0.506 e. The van der Waals surface area contributed by atoms with Crippen LogP contribution < -0.4 is 0 Å². The maximum Gasteiger partial charge on any atom is 0.269 e. The average Bonchev–Trinajstić information content (AvgIpc) is 3.08. The summed E-state index contributed by atoms with van der Waals surface area (Å²) in [5.74, 6) is -0.300. The molecule has 0 bridgehead atoms. The molecule has 1 aliphatic carbocycles. The molecule has 1 aromatic heterocycles. The van der Waals surface area contributed by atoms with Crippen molar-refractivity contribution in [2.45, 2.75) is 26.2 Å². The van der Waals surface area contributed by atoms with Gasteiger partial charge in [0.05, 0.1) is 16.1 Å². The Kier molecular flexibility index (Phi) is 4.89. The Morgan fingerprint density at radius 1 is 1.22 bits per heavy atom. The van der Waals surface area contributed by atoms with Crippen molar-refractivity contribution in [3.8, 4) is 0 Å². The third-order valence-corrected chi connectivity index (χ3v) is 6.36. The van der Waals surface area contributed by atoms with Gasteiger partial charge in [0, 0.05) is 47.3 Å². The van der Waals surface area contributed by atoms with Crippen molar-refractivity contribution in [3.63, 3.8) is 0 Å². The van der Waals surface area contributed by atoms with Crippen LogP contribution in [0.1, 0.15) is 30.5 Å². The van der Waals surface area contributed by atoms with Gasteiger partial charge < -0.3 is 9.67 Å². The zero-order valence-electron chi connectivity index (χ0n) is 18.5. The quantitative estimate of drug-likeness (QED) is 0.321. The topological polar surface area (TPSA) is 85.4 Å². The predicted octanol–water partition coefficient (Wildman–Crippen LogP) is 5.71. The van der Waals surface area contributed by atoms with Crippen molar-refractivity contribution < 1.29 is 14.8 Å². The number of Topliss-reactive ketones (excluding diaryl/α,β-unsaturated/α-hetero) is 1. The Morgan fingerprint density at radius 3 is 2.56 bits per heavy atom. The fourth-order valence-electron chi connectivity index (χ4n) is 4.27. The lowest BCUT2D eigenvalue weighted by molar-refractivity contribution is -0.385. The number of rotatable bonds is 5. The van der Waals surface area contributed by atoms with Crippen LogP contribution in [0, 0.1) is 17.0 Å². The molecular weight excluding hydrogens is 404 g/mol. The number of fused-ring (bicyclic) bond motifs is 1. The first kappa shape index (κ1) is 21.3. The second kappa shape index (κ2) is 7.34. The number of aromatic nitrogens is 1. The molecule has 0 atom stereocenters. The number of hydrogen-bond acceptors (Lipinski definition) is 4. The lowest BCUT2D eigenvalue weighted by Gasteiger charge is -2.29. The molecule has 0 spiro atoms. The SMILES string of the molecule is C=C(/C=C1\C(=O)C(c2cn(C)c3ccccc23)=C1O)C(C)(C)c1cc([N+](=O)[O-])ccc1C.